The van der Waals surface area contributed by atoms with E-state index < -0.39 is 12.1 Å². The van der Waals surface area contributed by atoms with Gasteiger partial charge in [0.25, 0.3) is 0 Å². The van der Waals surface area contributed by atoms with Gasteiger partial charge in [-0.2, -0.15) is 0 Å². The summed E-state index contributed by atoms with van der Waals surface area (Å²) in [5.41, 5.74) is 0. The number of hydrogen-bond acceptors (Lipinski definition) is 5. The van der Waals surface area contributed by atoms with Crippen LogP contribution in [0.15, 0.2) is 24.3 Å². The zero-order valence-electron chi connectivity index (χ0n) is 57.9. The SMILES string of the molecule is CCCC/C=C\C/C=C\CCCCCCCC(=O)OCCCCCCCCCCCCCCCCCCCCCCCCCCCCCCCCC(=O)NC(CO)C(O)CCCCCCCCCCCCCCCCCCCCCCCCCC. The molecule has 0 saturated heterocycles. The average molecular weight is 1200 g/mol. The summed E-state index contributed by atoms with van der Waals surface area (Å²) in [7, 11) is 0. The Bertz CT molecular complexity index is 1330. The summed E-state index contributed by atoms with van der Waals surface area (Å²) in [6, 6.07) is -0.540. The van der Waals surface area contributed by atoms with Gasteiger partial charge >= 0.3 is 5.97 Å². The fraction of sp³-hybridized carbons (Fsp3) is 0.924. The van der Waals surface area contributed by atoms with Crippen molar-refractivity contribution in [3.05, 3.63) is 24.3 Å². The lowest BCUT2D eigenvalue weighted by Crippen LogP contribution is -2.45. The first-order chi connectivity index (χ1) is 42.0. The number of carbonyl (C=O) groups excluding carboxylic acids is 2. The van der Waals surface area contributed by atoms with E-state index in [2.05, 4.69) is 43.5 Å². The Morgan fingerprint density at radius 1 is 0.329 bits per heavy atom. The predicted octanol–water partition coefficient (Wildman–Crippen LogP) is 25.7. The van der Waals surface area contributed by atoms with Crippen LogP contribution >= 0.6 is 0 Å². The minimum absolute atomic E-state index is 0.00638. The van der Waals surface area contributed by atoms with Gasteiger partial charge in [-0.1, -0.05) is 404 Å². The molecule has 0 bridgehead atoms. The number of amides is 1. The molecule has 0 aliphatic rings. The van der Waals surface area contributed by atoms with Crippen LogP contribution in [0.2, 0.25) is 0 Å². The summed E-state index contributed by atoms with van der Waals surface area (Å²) >= 11 is 0. The number of rotatable bonds is 74. The highest BCUT2D eigenvalue weighted by Gasteiger charge is 2.20. The van der Waals surface area contributed by atoms with Gasteiger partial charge in [-0.3, -0.25) is 9.59 Å². The van der Waals surface area contributed by atoms with Gasteiger partial charge in [0.15, 0.2) is 0 Å². The maximum atomic E-state index is 12.6. The third-order valence-corrected chi connectivity index (χ3v) is 18.5. The van der Waals surface area contributed by atoms with Crippen molar-refractivity contribution in [1.29, 1.82) is 0 Å². The van der Waals surface area contributed by atoms with Crippen LogP contribution in [0.25, 0.3) is 0 Å². The molecule has 0 radical (unpaired) electrons. The highest BCUT2D eigenvalue weighted by atomic mass is 16.5. The molecule has 6 nitrogen and oxygen atoms in total. The third-order valence-electron chi connectivity index (χ3n) is 18.5. The number of ether oxygens (including phenoxy) is 1. The molecular formula is C79H153NO5. The summed E-state index contributed by atoms with van der Waals surface area (Å²) < 4.78 is 5.49. The van der Waals surface area contributed by atoms with E-state index in [-0.39, 0.29) is 18.5 Å². The van der Waals surface area contributed by atoms with E-state index in [9.17, 15) is 19.8 Å². The standard InChI is InChI=1S/C79H153NO5/c1-3-5-7-9-11-13-15-17-19-20-21-22-23-32-35-38-41-44-47-51-55-59-63-67-71-77(82)76(75-81)80-78(83)72-68-64-60-56-52-48-45-42-39-36-33-30-28-26-24-25-27-29-31-34-37-40-43-46-50-54-58-62-66-70-74-85-79(84)73-69-65-61-57-53-49-18-16-14-12-10-8-6-4-2/h10,12,16,18,76-77,81-82H,3-9,11,13-15,17,19-75H2,1-2H3,(H,80,83)/b12-10-,18-16-. The van der Waals surface area contributed by atoms with E-state index in [0.717, 1.165) is 51.4 Å². The summed E-state index contributed by atoms with van der Waals surface area (Å²) in [5.74, 6) is -0.0190. The molecule has 2 atom stereocenters. The molecule has 0 fully saturated rings. The Morgan fingerprint density at radius 2 is 0.600 bits per heavy atom. The molecule has 0 rings (SSSR count). The van der Waals surface area contributed by atoms with Gasteiger partial charge in [0.05, 0.1) is 25.4 Å². The van der Waals surface area contributed by atoms with Crippen LogP contribution in [0.1, 0.15) is 444 Å². The molecule has 0 aromatic carbocycles. The monoisotopic (exact) mass is 1200 g/mol. The lowest BCUT2D eigenvalue weighted by Gasteiger charge is -2.22. The van der Waals surface area contributed by atoms with Gasteiger partial charge in [-0.15, -0.1) is 0 Å². The van der Waals surface area contributed by atoms with E-state index in [1.54, 1.807) is 0 Å². The Balaban J connectivity index is 3.34. The fourth-order valence-corrected chi connectivity index (χ4v) is 12.5. The van der Waals surface area contributed by atoms with E-state index in [1.165, 1.54) is 360 Å². The molecule has 504 valence electrons. The highest BCUT2D eigenvalue weighted by molar-refractivity contribution is 5.76. The van der Waals surface area contributed by atoms with Gasteiger partial charge in [0.1, 0.15) is 0 Å². The van der Waals surface area contributed by atoms with Crippen LogP contribution in [-0.4, -0.2) is 47.4 Å². The van der Waals surface area contributed by atoms with Crippen LogP contribution in [0.3, 0.4) is 0 Å². The van der Waals surface area contributed by atoms with E-state index in [1.807, 2.05) is 0 Å². The van der Waals surface area contributed by atoms with Crippen LogP contribution in [0, 0.1) is 0 Å². The molecule has 0 aromatic rings. The van der Waals surface area contributed by atoms with Gasteiger partial charge < -0.3 is 20.3 Å². The van der Waals surface area contributed by atoms with Crippen molar-refractivity contribution < 1.29 is 24.5 Å². The van der Waals surface area contributed by atoms with E-state index in [4.69, 9.17) is 4.74 Å². The minimum atomic E-state index is -0.663. The van der Waals surface area contributed by atoms with Gasteiger partial charge in [0, 0.05) is 12.8 Å². The summed E-state index contributed by atoms with van der Waals surface area (Å²) in [6.45, 7) is 4.96. The second kappa shape index (κ2) is 74.8. The number of aliphatic hydroxyl groups is 2. The quantitative estimate of drug-likeness (QED) is 0.0320. The Labute approximate surface area is 532 Å². The molecule has 3 N–H and O–H groups in total. The average Bonchev–Trinajstić information content (AvgIpc) is 3.51. The number of allylic oxidation sites excluding steroid dienone is 4. The second-order valence-electron chi connectivity index (χ2n) is 27.0. The smallest absolute Gasteiger partial charge is 0.305 e. The Hall–Kier alpha value is -1.66. The molecule has 85 heavy (non-hydrogen) atoms. The lowest BCUT2D eigenvalue weighted by molar-refractivity contribution is -0.143. The first kappa shape index (κ1) is 83.3. The van der Waals surface area contributed by atoms with Crippen molar-refractivity contribution in [3.8, 4) is 0 Å². The molecule has 2 unspecified atom stereocenters. The zero-order chi connectivity index (χ0) is 61.3. The summed E-state index contributed by atoms with van der Waals surface area (Å²) in [6.07, 6.45) is 95.5. The molecule has 1 amide bonds. The lowest BCUT2D eigenvalue weighted by atomic mass is 10.0. The van der Waals surface area contributed by atoms with E-state index >= 15 is 0 Å². The zero-order valence-corrected chi connectivity index (χ0v) is 57.9. The number of carbonyl (C=O) groups is 2. The number of nitrogens with one attached hydrogen (secondary N) is 1. The van der Waals surface area contributed by atoms with Crippen LogP contribution < -0.4 is 5.32 Å². The van der Waals surface area contributed by atoms with Crippen LogP contribution in [0.4, 0.5) is 0 Å². The van der Waals surface area contributed by atoms with Gasteiger partial charge in [-0.25, -0.2) is 0 Å². The molecular weight excluding hydrogens is 1040 g/mol. The van der Waals surface area contributed by atoms with Crippen LogP contribution in [0.5, 0.6) is 0 Å². The van der Waals surface area contributed by atoms with E-state index in [0.29, 0.717) is 25.9 Å². The van der Waals surface area contributed by atoms with Crippen molar-refractivity contribution in [2.45, 2.75) is 456 Å². The molecule has 0 aliphatic carbocycles. The van der Waals surface area contributed by atoms with Crippen molar-refractivity contribution in [2.24, 2.45) is 0 Å². The molecule has 0 saturated carbocycles. The van der Waals surface area contributed by atoms with Crippen LogP contribution in [-0.2, 0) is 14.3 Å². The molecule has 0 spiro atoms. The van der Waals surface area contributed by atoms with Crippen molar-refractivity contribution in [2.75, 3.05) is 13.2 Å². The first-order valence-electron chi connectivity index (χ1n) is 39.1. The maximum Gasteiger partial charge on any atom is 0.305 e. The summed E-state index contributed by atoms with van der Waals surface area (Å²) in [5, 5.41) is 23.5. The third kappa shape index (κ3) is 71.3. The highest BCUT2D eigenvalue weighted by Crippen LogP contribution is 2.20. The minimum Gasteiger partial charge on any atom is -0.466 e. The number of esters is 1. The van der Waals surface area contributed by atoms with Gasteiger partial charge in [-0.05, 0) is 51.4 Å². The number of hydrogen-bond donors (Lipinski definition) is 3. The van der Waals surface area contributed by atoms with Crippen molar-refractivity contribution in [1.82, 2.24) is 5.32 Å². The van der Waals surface area contributed by atoms with Crippen molar-refractivity contribution in [3.63, 3.8) is 0 Å². The Morgan fingerprint density at radius 3 is 0.929 bits per heavy atom. The maximum absolute atomic E-state index is 12.6. The summed E-state index contributed by atoms with van der Waals surface area (Å²) in [4.78, 5) is 24.6. The van der Waals surface area contributed by atoms with Crippen molar-refractivity contribution >= 4 is 11.9 Å². The van der Waals surface area contributed by atoms with Gasteiger partial charge in [0.2, 0.25) is 5.91 Å². The predicted molar refractivity (Wildman–Crippen MR) is 375 cm³/mol. The largest absolute Gasteiger partial charge is 0.466 e. The molecule has 0 aromatic heterocycles. The number of aliphatic hydroxyl groups excluding tert-OH is 2. The first-order valence-corrected chi connectivity index (χ1v) is 39.1. The second-order valence-corrected chi connectivity index (χ2v) is 27.0. The molecule has 6 heteroatoms. The topological polar surface area (TPSA) is 95.9 Å². The Kier molecular flexibility index (Phi) is 73.3. The molecule has 0 heterocycles. The normalized spacial score (nSPS) is 12.6. The number of unbranched alkanes of at least 4 members (excludes halogenated alkanes) is 59. The molecule has 0 aliphatic heterocycles. The fourth-order valence-electron chi connectivity index (χ4n) is 12.5.